The van der Waals surface area contributed by atoms with E-state index in [-0.39, 0.29) is 10.5 Å². The SMILES string of the molecule is O=C(NCC(F)(F)F)c1ccc(S(=O)(=O)N2CCN(Cc3cccc4cccnc34)CC2)cc1. The van der Waals surface area contributed by atoms with Gasteiger partial charge in [-0.1, -0.05) is 24.3 Å². The molecule has 0 spiro atoms. The van der Waals surface area contributed by atoms with E-state index in [0.717, 1.165) is 16.5 Å². The number of benzene rings is 2. The fourth-order valence-corrected chi connectivity index (χ4v) is 5.30. The summed E-state index contributed by atoms with van der Waals surface area (Å²) in [7, 11) is -3.79. The van der Waals surface area contributed by atoms with Crippen LogP contribution in [0.1, 0.15) is 15.9 Å². The minimum Gasteiger partial charge on any atom is -0.343 e. The molecule has 1 aliphatic heterocycles. The summed E-state index contributed by atoms with van der Waals surface area (Å²) in [4.78, 5) is 18.5. The molecule has 0 aliphatic carbocycles. The number of rotatable bonds is 6. The number of alkyl halides is 3. The molecule has 0 radical (unpaired) electrons. The van der Waals surface area contributed by atoms with Crippen LogP contribution in [0.5, 0.6) is 0 Å². The average Bonchev–Trinajstić information content (AvgIpc) is 2.83. The molecular weight excluding hydrogens is 469 g/mol. The van der Waals surface area contributed by atoms with Crippen LogP contribution in [-0.4, -0.2) is 67.4 Å². The Labute approximate surface area is 195 Å². The van der Waals surface area contributed by atoms with Gasteiger partial charge in [-0.05, 0) is 35.9 Å². The Hall–Kier alpha value is -3.02. The Bertz CT molecular complexity index is 1270. The zero-order valence-corrected chi connectivity index (χ0v) is 18.9. The quantitative estimate of drug-likeness (QED) is 0.572. The lowest BCUT2D eigenvalue weighted by Crippen LogP contribution is -2.48. The van der Waals surface area contributed by atoms with Gasteiger partial charge in [0, 0.05) is 49.9 Å². The van der Waals surface area contributed by atoms with Gasteiger partial charge in [-0.15, -0.1) is 0 Å². The van der Waals surface area contributed by atoms with Crippen LogP contribution in [0.15, 0.2) is 65.7 Å². The van der Waals surface area contributed by atoms with E-state index in [2.05, 4.69) is 9.88 Å². The van der Waals surface area contributed by atoms with Crippen molar-refractivity contribution >= 4 is 26.8 Å². The molecule has 2 aromatic carbocycles. The number of carbonyl (C=O) groups is 1. The van der Waals surface area contributed by atoms with Crippen LogP contribution >= 0.6 is 0 Å². The molecule has 1 N–H and O–H groups in total. The van der Waals surface area contributed by atoms with Crippen LogP contribution in [0.4, 0.5) is 13.2 Å². The number of hydrogen-bond acceptors (Lipinski definition) is 5. The second-order valence-corrected chi connectivity index (χ2v) is 9.93. The van der Waals surface area contributed by atoms with Crippen LogP contribution in [0.2, 0.25) is 0 Å². The van der Waals surface area contributed by atoms with Gasteiger partial charge in [0.1, 0.15) is 6.54 Å². The monoisotopic (exact) mass is 492 g/mol. The molecule has 1 fully saturated rings. The number of nitrogens with one attached hydrogen (secondary N) is 1. The van der Waals surface area contributed by atoms with Gasteiger partial charge in [0.15, 0.2) is 0 Å². The number of pyridine rings is 1. The predicted molar refractivity (Wildman–Crippen MR) is 121 cm³/mol. The van der Waals surface area contributed by atoms with E-state index in [1.807, 2.05) is 30.3 Å². The summed E-state index contributed by atoms with van der Waals surface area (Å²) < 4.78 is 64.2. The van der Waals surface area contributed by atoms with Crippen molar-refractivity contribution in [2.75, 3.05) is 32.7 Å². The highest BCUT2D eigenvalue weighted by molar-refractivity contribution is 7.89. The van der Waals surface area contributed by atoms with Gasteiger partial charge < -0.3 is 5.32 Å². The first-order valence-electron chi connectivity index (χ1n) is 10.6. The van der Waals surface area contributed by atoms with Crippen molar-refractivity contribution in [2.24, 2.45) is 0 Å². The first-order chi connectivity index (χ1) is 16.1. The molecule has 2 heterocycles. The number of nitrogens with zero attached hydrogens (tertiary/aromatic N) is 3. The average molecular weight is 493 g/mol. The molecule has 1 aromatic heterocycles. The maximum atomic E-state index is 13.0. The lowest BCUT2D eigenvalue weighted by molar-refractivity contribution is -0.123. The molecule has 180 valence electrons. The van der Waals surface area contributed by atoms with E-state index in [0.29, 0.717) is 32.7 Å². The third-order valence-electron chi connectivity index (χ3n) is 5.65. The molecule has 0 unspecified atom stereocenters. The van der Waals surface area contributed by atoms with Crippen LogP contribution in [-0.2, 0) is 16.6 Å². The van der Waals surface area contributed by atoms with E-state index >= 15 is 0 Å². The maximum Gasteiger partial charge on any atom is 0.405 e. The molecule has 1 amide bonds. The summed E-state index contributed by atoms with van der Waals surface area (Å²) in [6, 6.07) is 14.8. The summed E-state index contributed by atoms with van der Waals surface area (Å²) in [5.74, 6) is -0.919. The van der Waals surface area contributed by atoms with Crippen LogP contribution in [0.25, 0.3) is 10.9 Å². The summed E-state index contributed by atoms with van der Waals surface area (Å²) in [6.07, 6.45) is -2.77. The highest BCUT2D eigenvalue weighted by Crippen LogP contribution is 2.22. The van der Waals surface area contributed by atoms with Crippen molar-refractivity contribution in [3.63, 3.8) is 0 Å². The Kier molecular flexibility index (Phi) is 6.87. The first kappa shape index (κ1) is 24.1. The van der Waals surface area contributed by atoms with Crippen LogP contribution in [0.3, 0.4) is 0 Å². The number of hydrogen-bond donors (Lipinski definition) is 1. The van der Waals surface area contributed by atoms with Gasteiger partial charge >= 0.3 is 6.18 Å². The summed E-state index contributed by atoms with van der Waals surface area (Å²) in [5.41, 5.74) is 1.96. The number of fused-ring (bicyclic) bond motifs is 1. The standard InChI is InChI=1S/C23H23F3N4O3S/c24-23(25,26)16-28-22(31)18-6-8-20(9-7-18)34(32,33)30-13-11-29(12-14-30)15-19-4-1-3-17-5-2-10-27-21(17)19/h1-10H,11-16H2,(H,28,31). The lowest BCUT2D eigenvalue weighted by atomic mass is 10.1. The highest BCUT2D eigenvalue weighted by atomic mass is 32.2. The molecule has 1 aliphatic rings. The van der Waals surface area contributed by atoms with Crippen molar-refractivity contribution < 1.29 is 26.4 Å². The van der Waals surface area contributed by atoms with E-state index in [1.54, 1.807) is 11.5 Å². The molecule has 1 saturated heterocycles. The van der Waals surface area contributed by atoms with Crippen molar-refractivity contribution in [2.45, 2.75) is 17.6 Å². The van der Waals surface area contributed by atoms with E-state index in [1.165, 1.54) is 28.6 Å². The Balaban J connectivity index is 1.37. The topological polar surface area (TPSA) is 82.6 Å². The number of carbonyl (C=O) groups excluding carboxylic acids is 1. The summed E-state index contributed by atoms with van der Waals surface area (Å²) in [6.45, 7) is 0.887. The maximum absolute atomic E-state index is 13.0. The number of halogens is 3. The van der Waals surface area contributed by atoms with Crippen LogP contribution < -0.4 is 5.32 Å². The minimum absolute atomic E-state index is 0.00780. The number of para-hydroxylation sites is 1. The highest BCUT2D eigenvalue weighted by Gasteiger charge is 2.30. The number of aromatic nitrogens is 1. The Morgan fingerprint density at radius 3 is 2.32 bits per heavy atom. The number of sulfonamides is 1. The van der Waals surface area contributed by atoms with Crippen LogP contribution in [0, 0.1) is 0 Å². The van der Waals surface area contributed by atoms with Crippen molar-refractivity contribution in [1.82, 2.24) is 19.5 Å². The van der Waals surface area contributed by atoms with Crippen molar-refractivity contribution in [1.29, 1.82) is 0 Å². The molecule has 34 heavy (non-hydrogen) atoms. The van der Waals surface area contributed by atoms with E-state index in [9.17, 15) is 26.4 Å². The Morgan fingerprint density at radius 2 is 1.65 bits per heavy atom. The summed E-state index contributed by atoms with van der Waals surface area (Å²) in [5, 5.41) is 2.82. The van der Waals surface area contributed by atoms with Crippen molar-refractivity contribution in [3.8, 4) is 0 Å². The molecule has 7 nitrogen and oxygen atoms in total. The molecule has 0 bridgehead atoms. The summed E-state index contributed by atoms with van der Waals surface area (Å²) >= 11 is 0. The zero-order valence-electron chi connectivity index (χ0n) is 18.1. The predicted octanol–water partition coefficient (Wildman–Crippen LogP) is 3.03. The largest absolute Gasteiger partial charge is 0.405 e. The van der Waals surface area contributed by atoms with Gasteiger partial charge in [0.05, 0.1) is 10.4 Å². The molecule has 11 heteroatoms. The first-order valence-corrected chi connectivity index (χ1v) is 12.1. The number of piperazine rings is 1. The fourth-order valence-electron chi connectivity index (χ4n) is 3.87. The Morgan fingerprint density at radius 1 is 0.971 bits per heavy atom. The fraction of sp³-hybridized carbons (Fsp3) is 0.304. The molecule has 3 aromatic rings. The third kappa shape index (κ3) is 5.54. The molecule has 0 saturated carbocycles. The normalized spacial score (nSPS) is 16.0. The molecular formula is C23H23F3N4O3S. The smallest absolute Gasteiger partial charge is 0.343 e. The van der Waals surface area contributed by atoms with Gasteiger partial charge in [-0.3, -0.25) is 14.7 Å². The van der Waals surface area contributed by atoms with Gasteiger partial charge in [0.2, 0.25) is 10.0 Å². The minimum atomic E-state index is -4.52. The molecule has 0 atom stereocenters. The van der Waals surface area contributed by atoms with Gasteiger partial charge in [0.25, 0.3) is 5.91 Å². The third-order valence-corrected chi connectivity index (χ3v) is 7.56. The van der Waals surface area contributed by atoms with Gasteiger partial charge in [-0.25, -0.2) is 8.42 Å². The van der Waals surface area contributed by atoms with E-state index < -0.39 is 28.7 Å². The number of amides is 1. The lowest BCUT2D eigenvalue weighted by Gasteiger charge is -2.34. The van der Waals surface area contributed by atoms with Crippen molar-refractivity contribution in [3.05, 3.63) is 71.9 Å². The van der Waals surface area contributed by atoms with E-state index in [4.69, 9.17) is 0 Å². The second kappa shape index (κ2) is 9.69. The molecule has 4 rings (SSSR count). The second-order valence-electron chi connectivity index (χ2n) is 7.99. The van der Waals surface area contributed by atoms with Gasteiger partial charge in [-0.2, -0.15) is 17.5 Å². The zero-order chi connectivity index (χ0) is 24.3.